The van der Waals surface area contributed by atoms with Gasteiger partial charge in [-0.2, -0.15) is 0 Å². The molecule has 3 aromatic rings. The number of nitrogens with one attached hydrogen (secondary N) is 3. The standard InChI is InChI=1S/C22H27ClN4O5/c1-12(26-21(29)32-22(2,3)4)9-15-17(20(28)24-5)18-19(31-15)14(10-16(23)27-18)25-11-13-7-6-8-30-13/h6-8,10,12H,9,11H2,1-5H3,(H,24,28)(H,25,27)(H,26,29)/t12-/m0/s1. The fourth-order valence-corrected chi connectivity index (χ4v) is 3.34. The van der Waals surface area contributed by atoms with Crippen molar-refractivity contribution in [1.29, 1.82) is 0 Å². The van der Waals surface area contributed by atoms with Crippen LogP contribution in [0.1, 0.15) is 49.6 Å². The second kappa shape index (κ2) is 9.52. The zero-order valence-corrected chi connectivity index (χ0v) is 19.4. The summed E-state index contributed by atoms with van der Waals surface area (Å²) in [5, 5.41) is 8.78. The number of aromatic nitrogens is 1. The number of nitrogens with zero attached hydrogens (tertiary/aromatic N) is 1. The van der Waals surface area contributed by atoms with Crippen molar-refractivity contribution >= 4 is 40.4 Å². The van der Waals surface area contributed by atoms with Crippen LogP contribution >= 0.6 is 11.6 Å². The molecule has 0 bridgehead atoms. The fraction of sp³-hybridized carbons (Fsp3) is 0.409. The average Bonchev–Trinajstić information content (AvgIpc) is 3.31. The van der Waals surface area contributed by atoms with Crippen LogP contribution in [0, 0.1) is 0 Å². The summed E-state index contributed by atoms with van der Waals surface area (Å²) in [5.41, 5.74) is 0.938. The molecule has 0 unspecified atom stereocenters. The van der Waals surface area contributed by atoms with Crippen LogP contribution in [0.4, 0.5) is 10.5 Å². The van der Waals surface area contributed by atoms with E-state index >= 15 is 0 Å². The third-order valence-electron chi connectivity index (χ3n) is 4.42. The predicted molar refractivity (Wildman–Crippen MR) is 121 cm³/mol. The molecule has 2 amide bonds. The minimum Gasteiger partial charge on any atom is -0.467 e. The van der Waals surface area contributed by atoms with E-state index in [-0.39, 0.29) is 29.1 Å². The van der Waals surface area contributed by atoms with Gasteiger partial charge in [0.05, 0.1) is 18.5 Å². The lowest BCUT2D eigenvalue weighted by atomic mass is 10.1. The first kappa shape index (κ1) is 23.5. The summed E-state index contributed by atoms with van der Waals surface area (Å²) >= 11 is 6.23. The van der Waals surface area contributed by atoms with Crippen molar-refractivity contribution in [3.63, 3.8) is 0 Å². The van der Waals surface area contributed by atoms with Gasteiger partial charge in [-0.3, -0.25) is 4.79 Å². The third-order valence-corrected chi connectivity index (χ3v) is 4.62. The number of alkyl carbamates (subject to hydrolysis) is 1. The Morgan fingerprint density at radius 3 is 2.69 bits per heavy atom. The summed E-state index contributed by atoms with van der Waals surface area (Å²) in [6.07, 6.45) is 1.28. The molecular formula is C22H27ClN4O5. The zero-order valence-electron chi connectivity index (χ0n) is 18.7. The molecule has 3 heterocycles. The van der Waals surface area contributed by atoms with Gasteiger partial charge in [-0.05, 0) is 39.8 Å². The molecule has 3 N–H and O–H groups in total. The summed E-state index contributed by atoms with van der Waals surface area (Å²) in [6, 6.07) is 4.88. The number of amides is 2. The van der Waals surface area contributed by atoms with E-state index in [1.165, 1.54) is 7.05 Å². The van der Waals surface area contributed by atoms with Gasteiger partial charge >= 0.3 is 6.09 Å². The Hall–Kier alpha value is -3.20. The molecule has 0 aliphatic heterocycles. The summed E-state index contributed by atoms with van der Waals surface area (Å²) in [6.45, 7) is 7.54. The summed E-state index contributed by atoms with van der Waals surface area (Å²) < 4.78 is 16.7. The number of pyridine rings is 1. The Morgan fingerprint density at radius 2 is 2.06 bits per heavy atom. The van der Waals surface area contributed by atoms with Gasteiger partial charge in [0, 0.05) is 25.6 Å². The third kappa shape index (κ3) is 5.73. The van der Waals surface area contributed by atoms with E-state index in [1.807, 2.05) is 6.07 Å². The molecule has 32 heavy (non-hydrogen) atoms. The first-order chi connectivity index (χ1) is 15.1. The zero-order chi connectivity index (χ0) is 23.5. The number of ether oxygens (including phenoxy) is 1. The lowest BCUT2D eigenvalue weighted by molar-refractivity contribution is 0.0507. The maximum Gasteiger partial charge on any atom is 0.407 e. The van der Waals surface area contributed by atoms with Gasteiger partial charge in [0.2, 0.25) is 0 Å². The minimum atomic E-state index is -0.619. The first-order valence-corrected chi connectivity index (χ1v) is 10.5. The number of carbonyl (C=O) groups excluding carboxylic acids is 2. The van der Waals surface area contributed by atoms with Crippen molar-refractivity contribution in [2.75, 3.05) is 12.4 Å². The predicted octanol–water partition coefficient (Wildman–Crippen LogP) is 4.50. The van der Waals surface area contributed by atoms with Crippen LogP contribution in [-0.2, 0) is 17.7 Å². The second-order valence-corrected chi connectivity index (χ2v) is 8.72. The van der Waals surface area contributed by atoms with Gasteiger partial charge in [-0.15, -0.1) is 0 Å². The topological polar surface area (TPSA) is 119 Å². The molecule has 9 nitrogen and oxygen atoms in total. The van der Waals surface area contributed by atoms with Crippen molar-refractivity contribution < 1.29 is 23.2 Å². The van der Waals surface area contributed by atoms with E-state index in [4.69, 9.17) is 25.2 Å². The van der Waals surface area contributed by atoms with E-state index in [9.17, 15) is 9.59 Å². The molecule has 1 atom stereocenters. The van der Waals surface area contributed by atoms with Crippen LogP contribution in [0.2, 0.25) is 5.15 Å². The van der Waals surface area contributed by atoms with Crippen LogP contribution in [0.25, 0.3) is 11.1 Å². The number of furan rings is 2. The maximum atomic E-state index is 12.7. The fourth-order valence-electron chi connectivity index (χ4n) is 3.15. The average molecular weight is 463 g/mol. The van der Waals surface area contributed by atoms with Crippen molar-refractivity contribution in [3.05, 3.63) is 46.7 Å². The van der Waals surface area contributed by atoms with E-state index in [1.54, 1.807) is 46.1 Å². The normalized spacial score (nSPS) is 12.4. The highest BCUT2D eigenvalue weighted by Gasteiger charge is 2.26. The SMILES string of the molecule is CNC(=O)c1c(C[C@H](C)NC(=O)OC(C)(C)C)oc2c(NCc3ccco3)cc(Cl)nc12. The number of anilines is 1. The monoisotopic (exact) mass is 462 g/mol. The van der Waals surface area contributed by atoms with Gasteiger partial charge in [0.25, 0.3) is 5.91 Å². The molecule has 3 aromatic heterocycles. The highest BCUT2D eigenvalue weighted by atomic mass is 35.5. The van der Waals surface area contributed by atoms with Crippen LogP contribution in [-0.4, -0.2) is 35.7 Å². The minimum absolute atomic E-state index is 0.205. The van der Waals surface area contributed by atoms with Crippen molar-refractivity contribution in [2.24, 2.45) is 0 Å². The molecule has 0 aliphatic carbocycles. The van der Waals surface area contributed by atoms with E-state index in [2.05, 4.69) is 20.9 Å². The van der Waals surface area contributed by atoms with Crippen LogP contribution in [0.5, 0.6) is 0 Å². The summed E-state index contributed by atoms with van der Waals surface area (Å²) in [7, 11) is 1.52. The largest absolute Gasteiger partial charge is 0.467 e. The van der Waals surface area contributed by atoms with Gasteiger partial charge in [-0.25, -0.2) is 9.78 Å². The number of hydrogen-bond acceptors (Lipinski definition) is 7. The summed E-state index contributed by atoms with van der Waals surface area (Å²) in [4.78, 5) is 29.1. The highest BCUT2D eigenvalue weighted by molar-refractivity contribution is 6.30. The van der Waals surface area contributed by atoms with Crippen molar-refractivity contribution in [2.45, 2.75) is 52.3 Å². The molecule has 172 valence electrons. The molecule has 0 aliphatic rings. The smallest absolute Gasteiger partial charge is 0.407 e. The van der Waals surface area contributed by atoms with E-state index in [0.717, 1.165) is 5.76 Å². The second-order valence-electron chi connectivity index (χ2n) is 8.33. The molecule has 0 saturated carbocycles. The van der Waals surface area contributed by atoms with Gasteiger partial charge in [-0.1, -0.05) is 11.6 Å². The molecule has 10 heteroatoms. The lowest BCUT2D eigenvalue weighted by Gasteiger charge is -2.21. The Morgan fingerprint density at radius 1 is 1.31 bits per heavy atom. The maximum absolute atomic E-state index is 12.7. The molecule has 0 spiro atoms. The number of carbonyl (C=O) groups is 2. The first-order valence-electron chi connectivity index (χ1n) is 10.2. The van der Waals surface area contributed by atoms with Crippen molar-refractivity contribution in [3.8, 4) is 0 Å². The molecule has 0 saturated heterocycles. The van der Waals surface area contributed by atoms with Crippen LogP contribution in [0.15, 0.2) is 33.3 Å². The Labute approximate surface area is 190 Å². The number of halogens is 1. The lowest BCUT2D eigenvalue weighted by Crippen LogP contribution is -2.38. The molecule has 0 aromatic carbocycles. The van der Waals surface area contributed by atoms with Gasteiger partial charge in [0.15, 0.2) is 5.58 Å². The van der Waals surface area contributed by atoms with Gasteiger partial charge in [0.1, 0.15) is 33.4 Å². The van der Waals surface area contributed by atoms with Crippen LogP contribution in [0.3, 0.4) is 0 Å². The number of fused-ring (bicyclic) bond motifs is 1. The Kier molecular flexibility index (Phi) is 6.98. The highest BCUT2D eigenvalue weighted by Crippen LogP contribution is 2.33. The molecular weight excluding hydrogens is 436 g/mol. The molecule has 0 fully saturated rings. The van der Waals surface area contributed by atoms with E-state index < -0.39 is 11.7 Å². The van der Waals surface area contributed by atoms with Crippen molar-refractivity contribution in [1.82, 2.24) is 15.6 Å². The Balaban J connectivity index is 1.92. The quantitative estimate of drug-likeness (QED) is 0.442. The van der Waals surface area contributed by atoms with E-state index in [0.29, 0.717) is 29.1 Å². The molecule has 0 radical (unpaired) electrons. The number of rotatable bonds is 7. The summed E-state index contributed by atoms with van der Waals surface area (Å²) in [5.74, 6) is 0.730. The van der Waals surface area contributed by atoms with Gasteiger partial charge < -0.3 is 29.5 Å². The Bertz CT molecular complexity index is 1100. The number of hydrogen-bond donors (Lipinski definition) is 3. The van der Waals surface area contributed by atoms with Crippen LogP contribution < -0.4 is 16.0 Å². The molecule has 3 rings (SSSR count).